The van der Waals surface area contributed by atoms with Gasteiger partial charge in [0.25, 0.3) is 0 Å². The molecule has 1 aromatic carbocycles. The van der Waals surface area contributed by atoms with E-state index in [2.05, 4.69) is 34.0 Å². The van der Waals surface area contributed by atoms with Gasteiger partial charge in [-0.3, -0.25) is 0 Å². The third kappa shape index (κ3) is 5.11. The number of para-hydroxylation sites is 2. The maximum absolute atomic E-state index is 5.86. The van der Waals surface area contributed by atoms with Gasteiger partial charge in [-0.2, -0.15) is 4.98 Å². The van der Waals surface area contributed by atoms with Gasteiger partial charge in [0.05, 0.1) is 11.8 Å². The van der Waals surface area contributed by atoms with Gasteiger partial charge < -0.3 is 15.0 Å². The second kappa shape index (κ2) is 9.11. The molecule has 0 saturated carbocycles. The van der Waals surface area contributed by atoms with Crippen molar-refractivity contribution in [2.45, 2.75) is 46.6 Å². The Labute approximate surface area is 145 Å². The van der Waals surface area contributed by atoms with Crippen molar-refractivity contribution in [3.05, 3.63) is 36.5 Å². The minimum Gasteiger partial charge on any atom is -0.489 e. The molecule has 5 nitrogen and oxygen atoms in total. The number of benzene rings is 1. The van der Waals surface area contributed by atoms with Gasteiger partial charge in [-0.05, 0) is 44.9 Å². The molecule has 1 aromatic heterocycles. The highest BCUT2D eigenvalue weighted by atomic mass is 16.5. The van der Waals surface area contributed by atoms with Gasteiger partial charge in [0.15, 0.2) is 0 Å². The molecule has 0 fully saturated rings. The van der Waals surface area contributed by atoms with Crippen LogP contribution in [0.1, 0.15) is 40.5 Å². The van der Waals surface area contributed by atoms with E-state index < -0.39 is 0 Å². The zero-order valence-electron chi connectivity index (χ0n) is 15.1. The summed E-state index contributed by atoms with van der Waals surface area (Å²) in [4.78, 5) is 11.3. The van der Waals surface area contributed by atoms with Crippen LogP contribution in [0.5, 0.6) is 5.75 Å². The molecule has 0 aliphatic carbocycles. The molecule has 5 heteroatoms. The zero-order valence-corrected chi connectivity index (χ0v) is 15.1. The fourth-order valence-corrected chi connectivity index (χ4v) is 2.49. The number of rotatable bonds is 9. The van der Waals surface area contributed by atoms with Crippen LogP contribution in [0, 0.1) is 0 Å². The van der Waals surface area contributed by atoms with Crippen LogP contribution in [0.3, 0.4) is 0 Å². The summed E-state index contributed by atoms with van der Waals surface area (Å²) in [7, 11) is 0. The van der Waals surface area contributed by atoms with Crippen molar-refractivity contribution in [2.24, 2.45) is 0 Å². The lowest BCUT2D eigenvalue weighted by Gasteiger charge is -2.22. The maximum Gasteiger partial charge on any atom is 0.227 e. The first-order valence-corrected chi connectivity index (χ1v) is 8.74. The molecule has 2 rings (SSSR count). The number of hydrogen-bond donors (Lipinski definition) is 1. The molecule has 0 saturated heterocycles. The lowest BCUT2D eigenvalue weighted by atomic mass is 10.3. The SMILES string of the molecule is CCCN(CCC)c1nccc(Nc2ccccc2OC(C)C)n1. The van der Waals surface area contributed by atoms with Gasteiger partial charge in [-0.1, -0.05) is 26.0 Å². The number of nitrogens with zero attached hydrogens (tertiary/aromatic N) is 3. The van der Waals surface area contributed by atoms with Crippen LogP contribution in [-0.4, -0.2) is 29.2 Å². The normalized spacial score (nSPS) is 10.7. The molecule has 0 radical (unpaired) electrons. The largest absolute Gasteiger partial charge is 0.489 e. The summed E-state index contributed by atoms with van der Waals surface area (Å²) in [6.07, 6.45) is 4.08. The zero-order chi connectivity index (χ0) is 17.4. The van der Waals surface area contributed by atoms with Gasteiger partial charge in [0, 0.05) is 19.3 Å². The van der Waals surface area contributed by atoms with Crippen molar-refractivity contribution < 1.29 is 4.74 Å². The fourth-order valence-electron chi connectivity index (χ4n) is 2.49. The number of anilines is 3. The summed E-state index contributed by atoms with van der Waals surface area (Å²) in [6, 6.07) is 9.79. The van der Waals surface area contributed by atoms with Crippen LogP contribution in [0.15, 0.2) is 36.5 Å². The van der Waals surface area contributed by atoms with Crippen molar-refractivity contribution in [1.82, 2.24) is 9.97 Å². The lowest BCUT2D eigenvalue weighted by molar-refractivity contribution is 0.244. The molecule has 0 amide bonds. The van der Waals surface area contributed by atoms with E-state index in [-0.39, 0.29) is 6.10 Å². The lowest BCUT2D eigenvalue weighted by Crippen LogP contribution is -2.27. The molecule has 1 heterocycles. The number of hydrogen-bond acceptors (Lipinski definition) is 5. The standard InChI is InChI=1S/C19H28N4O/c1-5-13-23(14-6-2)19-20-12-11-18(22-19)21-16-9-7-8-10-17(16)24-15(3)4/h7-12,15H,5-6,13-14H2,1-4H3,(H,20,21,22). The molecule has 0 unspecified atom stereocenters. The minimum atomic E-state index is 0.124. The molecule has 24 heavy (non-hydrogen) atoms. The Hall–Kier alpha value is -2.30. The number of aromatic nitrogens is 2. The molecule has 0 aliphatic rings. The Morgan fingerprint density at radius 1 is 1.08 bits per heavy atom. The molecule has 0 atom stereocenters. The van der Waals surface area contributed by atoms with Crippen molar-refractivity contribution in [2.75, 3.05) is 23.3 Å². The maximum atomic E-state index is 5.86. The van der Waals surface area contributed by atoms with Gasteiger partial charge in [-0.15, -0.1) is 0 Å². The van der Waals surface area contributed by atoms with Crippen LogP contribution in [0.25, 0.3) is 0 Å². The fraction of sp³-hybridized carbons (Fsp3) is 0.474. The van der Waals surface area contributed by atoms with Crippen molar-refractivity contribution in [3.8, 4) is 5.75 Å². The second-order valence-electron chi connectivity index (χ2n) is 6.02. The van der Waals surface area contributed by atoms with Gasteiger partial charge in [-0.25, -0.2) is 4.98 Å². The molecule has 2 aromatic rings. The van der Waals surface area contributed by atoms with Gasteiger partial charge in [0.1, 0.15) is 11.6 Å². The highest BCUT2D eigenvalue weighted by molar-refractivity contribution is 5.64. The molecule has 0 aliphatic heterocycles. The first kappa shape index (κ1) is 18.0. The average molecular weight is 328 g/mol. The van der Waals surface area contributed by atoms with Crippen molar-refractivity contribution >= 4 is 17.5 Å². The Balaban J connectivity index is 2.20. The predicted molar refractivity (Wildman–Crippen MR) is 100 cm³/mol. The van der Waals surface area contributed by atoms with E-state index in [1.807, 2.05) is 44.2 Å². The van der Waals surface area contributed by atoms with E-state index in [0.717, 1.165) is 49.1 Å². The van der Waals surface area contributed by atoms with E-state index in [0.29, 0.717) is 0 Å². The quantitative estimate of drug-likeness (QED) is 0.727. The summed E-state index contributed by atoms with van der Waals surface area (Å²) < 4.78 is 5.86. The monoisotopic (exact) mass is 328 g/mol. The molecule has 1 N–H and O–H groups in total. The van der Waals surface area contributed by atoms with Crippen molar-refractivity contribution in [3.63, 3.8) is 0 Å². The summed E-state index contributed by atoms with van der Waals surface area (Å²) >= 11 is 0. The first-order chi connectivity index (χ1) is 11.6. The van der Waals surface area contributed by atoms with E-state index in [4.69, 9.17) is 4.74 Å². The highest BCUT2D eigenvalue weighted by Gasteiger charge is 2.10. The van der Waals surface area contributed by atoms with Crippen LogP contribution >= 0.6 is 0 Å². The van der Waals surface area contributed by atoms with E-state index in [1.54, 1.807) is 6.20 Å². The molecular formula is C19H28N4O. The molecular weight excluding hydrogens is 300 g/mol. The first-order valence-electron chi connectivity index (χ1n) is 8.74. The smallest absolute Gasteiger partial charge is 0.227 e. The summed E-state index contributed by atoms with van der Waals surface area (Å²) in [5, 5.41) is 3.35. The topological polar surface area (TPSA) is 50.3 Å². The molecule has 0 spiro atoms. The summed E-state index contributed by atoms with van der Waals surface area (Å²) in [5.41, 5.74) is 0.911. The summed E-state index contributed by atoms with van der Waals surface area (Å²) in [5.74, 6) is 2.37. The van der Waals surface area contributed by atoms with Gasteiger partial charge in [0.2, 0.25) is 5.95 Å². The van der Waals surface area contributed by atoms with Crippen LogP contribution in [-0.2, 0) is 0 Å². The van der Waals surface area contributed by atoms with E-state index in [1.165, 1.54) is 0 Å². The number of nitrogens with one attached hydrogen (secondary N) is 1. The number of ether oxygens (including phenoxy) is 1. The Morgan fingerprint density at radius 2 is 1.79 bits per heavy atom. The molecule has 0 bridgehead atoms. The van der Waals surface area contributed by atoms with Crippen LogP contribution in [0.2, 0.25) is 0 Å². The Bertz CT molecular complexity index is 624. The minimum absolute atomic E-state index is 0.124. The third-order valence-corrected chi connectivity index (χ3v) is 3.43. The predicted octanol–water partition coefficient (Wildman–Crippen LogP) is 4.63. The van der Waals surface area contributed by atoms with Crippen LogP contribution in [0.4, 0.5) is 17.5 Å². The third-order valence-electron chi connectivity index (χ3n) is 3.43. The van der Waals surface area contributed by atoms with Crippen LogP contribution < -0.4 is 15.0 Å². The Kier molecular flexibility index (Phi) is 6.85. The van der Waals surface area contributed by atoms with E-state index in [9.17, 15) is 0 Å². The summed E-state index contributed by atoms with van der Waals surface area (Å²) in [6.45, 7) is 10.3. The van der Waals surface area contributed by atoms with Gasteiger partial charge >= 0.3 is 0 Å². The Morgan fingerprint density at radius 3 is 2.46 bits per heavy atom. The van der Waals surface area contributed by atoms with E-state index >= 15 is 0 Å². The average Bonchev–Trinajstić information content (AvgIpc) is 2.56. The molecule has 130 valence electrons. The second-order valence-corrected chi connectivity index (χ2v) is 6.02. The highest BCUT2D eigenvalue weighted by Crippen LogP contribution is 2.28. The van der Waals surface area contributed by atoms with Crippen molar-refractivity contribution in [1.29, 1.82) is 0 Å².